The van der Waals surface area contributed by atoms with Crippen LogP contribution in [0, 0.1) is 6.92 Å². The average Bonchev–Trinajstić information content (AvgIpc) is 2.58. The molecule has 4 nitrogen and oxygen atoms in total. The molecule has 2 amide bonds. The highest BCUT2D eigenvalue weighted by atomic mass is 35.5. The minimum atomic E-state index is -0.131. The lowest BCUT2D eigenvalue weighted by atomic mass is 10.2. The van der Waals surface area contributed by atoms with Gasteiger partial charge in [0.25, 0.3) is 0 Å². The van der Waals surface area contributed by atoms with Crippen LogP contribution in [-0.4, -0.2) is 35.3 Å². The Morgan fingerprint density at radius 2 is 1.84 bits per heavy atom. The third-order valence-corrected chi connectivity index (χ3v) is 4.76. The first-order valence-corrected chi connectivity index (χ1v) is 9.40. The molecular weight excluding hydrogens is 356 g/mol. The number of halogens is 1. The lowest BCUT2D eigenvalue weighted by Crippen LogP contribution is -2.28. The highest BCUT2D eigenvalue weighted by Crippen LogP contribution is 2.19. The van der Waals surface area contributed by atoms with Crippen LogP contribution in [0.25, 0.3) is 0 Å². The van der Waals surface area contributed by atoms with E-state index in [1.807, 2.05) is 37.3 Å². The first-order chi connectivity index (χ1) is 12.0. The second kappa shape index (κ2) is 9.49. The van der Waals surface area contributed by atoms with Crippen LogP contribution in [0.5, 0.6) is 0 Å². The van der Waals surface area contributed by atoms with E-state index in [2.05, 4.69) is 5.32 Å². The van der Waals surface area contributed by atoms with Gasteiger partial charge in [0.1, 0.15) is 0 Å². The molecule has 25 heavy (non-hydrogen) atoms. The number of amides is 2. The molecule has 0 heterocycles. The number of aryl methyl sites for hydroxylation is 1. The molecular formula is C19H21ClN2O2S. The van der Waals surface area contributed by atoms with E-state index in [1.54, 1.807) is 30.1 Å². The second-order valence-electron chi connectivity index (χ2n) is 5.74. The zero-order chi connectivity index (χ0) is 18.2. The van der Waals surface area contributed by atoms with E-state index in [1.165, 1.54) is 11.8 Å². The summed E-state index contributed by atoms with van der Waals surface area (Å²) in [6.45, 7) is 2.45. The minimum absolute atomic E-state index is 0.00401. The van der Waals surface area contributed by atoms with Crippen molar-refractivity contribution in [2.45, 2.75) is 13.5 Å². The maximum absolute atomic E-state index is 12.1. The fourth-order valence-corrected chi connectivity index (χ4v) is 3.22. The van der Waals surface area contributed by atoms with Crippen molar-refractivity contribution in [2.24, 2.45) is 0 Å². The first kappa shape index (κ1) is 19.3. The summed E-state index contributed by atoms with van der Waals surface area (Å²) in [4.78, 5) is 25.8. The molecule has 0 atom stereocenters. The fourth-order valence-electron chi connectivity index (χ4n) is 2.24. The van der Waals surface area contributed by atoms with E-state index in [9.17, 15) is 9.59 Å². The van der Waals surface area contributed by atoms with Crippen molar-refractivity contribution in [3.63, 3.8) is 0 Å². The van der Waals surface area contributed by atoms with E-state index in [0.29, 0.717) is 11.6 Å². The van der Waals surface area contributed by atoms with E-state index in [0.717, 1.165) is 16.8 Å². The summed E-state index contributed by atoms with van der Waals surface area (Å²) in [6.07, 6.45) is 0. The van der Waals surface area contributed by atoms with Crippen LogP contribution in [0.15, 0.2) is 48.5 Å². The monoisotopic (exact) mass is 376 g/mol. The number of anilines is 1. The van der Waals surface area contributed by atoms with Gasteiger partial charge in [0.15, 0.2) is 0 Å². The van der Waals surface area contributed by atoms with E-state index < -0.39 is 0 Å². The normalized spacial score (nSPS) is 10.4. The smallest absolute Gasteiger partial charge is 0.234 e. The molecule has 2 aromatic carbocycles. The summed E-state index contributed by atoms with van der Waals surface area (Å²) in [5.41, 5.74) is 2.73. The van der Waals surface area contributed by atoms with Gasteiger partial charge in [-0.15, -0.1) is 11.8 Å². The van der Waals surface area contributed by atoms with Crippen molar-refractivity contribution < 1.29 is 9.59 Å². The van der Waals surface area contributed by atoms with Gasteiger partial charge in [0, 0.05) is 24.3 Å². The summed E-state index contributed by atoms with van der Waals surface area (Å²) in [5, 5.41) is 3.47. The molecule has 0 aromatic heterocycles. The molecule has 6 heteroatoms. The van der Waals surface area contributed by atoms with Crippen LogP contribution in [0.3, 0.4) is 0 Å². The number of carbonyl (C=O) groups is 2. The molecule has 1 N–H and O–H groups in total. The zero-order valence-corrected chi connectivity index (χ0v) is 15.9. The number of hydrogen-bond acceptors (Lipinski definition) is 3. The van der Waals surface area contributed by atoms with Crippen molar-refractivity contribution in [1.82, 2.24) is 4.90 Å². The van der Waals surface area contributed by atoms with E-state index in [4.69, 9.17) is 11.6 Å². The van der Waals surface area contributed by atoms with Gasteiger partial charge in [0.05, 0.1) is 11.5 Å². The number of hydrogen-bond donors (Lipinski definition) is 1. The summed E-state index contributed by atoms with van der Waals surface area (Å²) < 4.78 is 0. The number of nitrogens with one attached hydrogen (secondary N) is 1. The van der Waals surface area contributed by atoms with Gasteiger partial charge in [-0.3, -0.25) is 9.59 Å². The van der Waals surface area contributed by atoms with Crippen LogP contribution >= 0.6 is 23.4 Å². The van der Waals surface area contributed by atoms with Crippen LogP contribution in [0.2, 0.25) is 5.02 Å². The number of rotatable bonds is 7. The second-order valence-corrected chi connectivity index (χ2v) is 7.16. The maximum Gasteiger partial charge on any atom is 0.234 e. The third-order valence-electron chi connectivity index (χ3n) is 3.61. The molecule has 0 fully saturated rings. The Hall–Kier alpha value is -1.98. The molecule has 0 bridgehead atoms. The van der Waals surface area contributed by atoms with Crippen molar-refractivity contribution >= 4 is 40.9 Å². The Bertz CT molecular complexity index is 737. The molecule has 0 spiro atoms. The average molecular weight is 377 g/mol. The van der Waals surface area contributed by atoms with Gasteiger partial charge in [-0.05, 0) is 36.2 Å². The molecule has 0 radical (unpaired) electrons. The lowest BCUT2D eigenvalue weighted by molar-refractivity contribution is -0.127. The SMILES string of the molecule is Cc1cc(Cl)ccc1NC(=O)CSCC(=O)N(C)Cc1ccccc1. The summed E-state index contributed by atoms with van der Waals surface area (Å²) in [5.74, 6) is 0.377. The highest BCUT2D eigenvalue weighted by molar-refractivity contribution is 8.00. The number of benzene rings is 2. The third kappa shape index (κ3) is 6.44. The predicted octanol–water partition coefficient (Wildman–Crippen LogP) is 3.98. The van der Waals surface area contributed by atoms with Gasteiger partial charge in [0.2, 0.25) is 11.8 Å². The van der Waals surface area contributed by atoms with Crippen molar-refractivity contribution in [3.05, 3.63) is 64.7 Å². The van der Waals surface area contributed by atoms with E-state index in [-0.39, 0.29) is 23.3 Å². The van der Waals surface area contributed by atoms with Crippen LogP contribution in [0.1, 0.15) is 11.1 Å². The Kier molecular flexibility index (Phi) is 7.34. The van der Waals surface area contributed by atoms with Crippen LogP contribution < -0.4 is 5.32 Å². The minimum Gasteiger partial charge on any atom is -0.341 e. The van der Waals surface area contributed by atoms with Gasteiger partial charge in [-0.2, -0.15) is 0 Å². The molecule has 0 saturated heterocycles. The Morgan fingerprint density at radius 1 is 1.12 bits per heavy atom. The summed E-state index contributed by atoms with van der Waals surface area (Å²) in [6, 6.07) is 15.1. The predicted molar refractivity (Wildman–Crippen MR) is 105 cm³/mol. The molecule has 0 aliphatic rings. The number of carbonyl (C=O) groups excluding carboxylic acids is 2. The zero-order valence-electron chi connectivity index (χ0n) is 14.3. The molecule has 132 valence electrons. The van der Waals surface area contributed by atoms with E-state index >= 15 is 0 Å². The van der Waals surface area contributed by atoms with Crippen molar-refractivity contribution in [2.75, 3.05) is 23.9 Å². The largest absolute Gasteiger partial charge is 0.341 e. The molecule has 0 aliphatic carbocycles. The molecule has 0 saturated carbocycles. The Balaban J connectivity index is 1.73. The first-order valence-electron chi connectivity index (χ1n) is 7.87. The van der Waals surface area contributed by atoms with Gasteiger partial charge < -0.3 is 10.2 Å². The molecule has 2 rings (SSSR count). The Morgan fingerprint density at radius 3 is 2.52 bits per heavy atom. The van der Waals surface area contributed by atoms with Crippen LogP contribution in [0.4, 0.5) is 5.69 Å². The topological polar surface area (TPSA) is 49.4 Å². The number of nitrogens with zero attached hydrogens (tertiary/aromatic N) is 1. The highest BCUT2D eigenvalue weighted by Gasteiger charge is 2.11. The van der Waals surface area contributed by atoms with Gasteiger partial charge >= 0.3 is 0 Å². The summed E-state index contributed by atoms with van der Waals surface area (Å²) >= 11 is 7.21. The molecule has 2 aromatic rings. The maximum atomic E-state index is 12.1. The van der Waals surface area contributed by atoms with Crippen molar-refractivity contribution in [3.8, 4) is 0 Å². The standard InChI is InChI=1S/C19H21ClN2O2S/c1-14-10-16(20)8-9-17(14)21-18(23)12-25-13-19(24)22(2)11-15-6-4-3-5-7-15/h3-10H,11-13H2,1-2H3,(H,21,23). The van der Waals surface area contributed by atoms with Crippen LogP contribution in [-0.2, 0) is 16.1 Å². The van der Waals surface area contributed by atoms with Gasteiger partial charge in [-0.25, -0.2) is 0 Å². The molecule has 0 aliphatic heterocycles. The number of thioether (sulfide) groups is 1. The van der Waals surface area contributed by atoms with Gasteiger partial charge in [-0.1, -0.05) is 41.9 Å². The fraction of sp³-hybridized carbons (Fsp3) is 0.263. The summed E-state index contributed by atoms with van der Waals surface area (Å²) in [7, 11) is 1.77. The quantitative estimate of drug-likeness (QED) is 0.795. The Labute approximate surface area is 157 Å². The molecule has 0 unspecified atom stereocenters. The van der Waals surface area contributed by atoms with Crippen molar-refractivity contribution in [1.29, 1.82) is 0 Å². The lowest BCUT2D eigenvalue weighted by Gasteiger charge is -2.17.